The van der Waals surface area contributed by atoms with Crippen molar-refractivity contribution in [2.45, 2.75) is 44.2 Å². The first-order valence-electron chi connectivity index (χ1n) is 9.70. The molecule has 0 heterocycles. The van der Waals surface area contributed by atoms with Crippen LogP contribution >= 0.6 is 24.0 Å². The molecule has 1 fully saturated rings. The maximum atomic E-state index is 13.1. The van der Waals surface area contributed by atoms with E-state index in [4.69, 9.17) is 0 Å². The number of halogens is 4. The van der Waals surface area contributed by atoms with Crippen molar-refractivity contribution in [1.29, 1.82) is 0 Å². The predicted molar refractivity (Wildman–Crippen MR) is 124 cm³/mol. The quantitative estimate of drug-likeness (QED) is 0.187. The van der Waals surface area contributed by atoms with Gasteiger partial charge >= 0.3 is 6.18 Å². The Morgan fingerprint density at radius 1 is 1.20 bits per heavy atom. The Labute approximate surface area is 193 Å². The molecule has 1 aromatic rings. The highest BCUT2D eigenvalue weighted by molar-refractivity contribution is 14.0. The number of nitrogens with one attached hydrogen (secondary N) is 3. The lowest BCUT2D eigenvalue weighted by Gasteiger charge is -2.41. The van der Waals surface area contributed by atoms with Gasteiger partial charge in [0.25, 0.3) is 0 Å². The molecule has 0 saturated heterocycles. The normalized spacial score (nSPS) is 16.4. The number of guanidine groups is 1. The molecule has 172 valence electrons. The van der Waals surface area contributed by atoms with E-state index in [1.54, 1.807) is 6.07 Å². The molecular formula is C19H30F3IN4O2S. The number of sulfonamides is 1. The number of rotatable bonds is 9. The van der Waals surface area contributed by atoms with Crippen molar-refractivity contribution >= 4 is 40.0 Å². The second kappa shape index (κ2) is 11.5. The van der Waals surface area contributed by atoms with E-state index in [0.29, 0.717) is 44.1 Å². The molecule has 11 heteroatoms. The first-order chi connectivity index (χ1) is 13.6. The molecule has 1 aromatic carbocycles. The van der Waals surface area contributed by atoms with E-state index < -0.39 is 21.8 Å². The van der Waals surface area contributed by atoms with Crippen LogP contribution in [0.2, 0.25) is 0 Å². The molecule has 0 spiro atoms. The zero-order valence-electron chi connectivity index (χ0n) is 17.2. The zero-order valence-corrected chi connectivity index (χ0v) is 20.3. The summed E-state index contributed by atoms with van der Waals surface area (Å²) in [6, 6.07) is 5.54. The highest BCUT2D eigenvalue weighted by Gasteiger charge is 2.40. The molecule has 1 aliphatic rings. The summed E-state index contributed by atoms with van der Waals surface area (Å²) >= 11 is 0. The van der Waals surface area contributed by atoms with E-state index in [-0.39, 0.29) is 29.4 Å². The molecule has 1 aliphatic carbocycles. The van der Waals surface area contributed by atoms with E-state index in [1.165, 1.54) is 12.1 Å². The Morgan fingerprint density at radius 2 is 1.90 bits per heavy atom. The van der Waals surface area contributed by atoms with E-state index in [0.717, 1.165) is 31.6 Å². The lowest BCUT2D eigenvalue weighted by Crippen LogP contribution is -2.42. The molecular weight excluding hydrogens is 532 g/mol. The van der Waals surface area contributed by atoms with Crippen LogP contribution in [0, 0.1) is 0 Å². The number of aliphatic imine (C=N–C) groups is 1. The Kier molecular flexibility index (Phi) is 10.3. The average Bonchev–Trinajstić information content (AvgIpc) is 2.59. The van der Waals surface area contributed by atoms with E-state index in [9.17, 15) is 21.6 Å². The summed E-state index contributed by atoms with van der Waals surface area (Å²) in [7, 11) is -3.21. The van der Waals surface area contributed by atoms with E-state index in [1.807, 2.05) is 6.92 Å². The Morgan fingerprint density at radius 3 is 2.43 bits per heavy atom. The Bertz CT molecular complexity index is 812. The molecule has 1 saturated carbocycles. The monoisotopic (exact) mass is 562 g/mol. The summed E-state index contributed by atoms with van der Waals surface area (Å²) in [6.45, 7) is 3.80. The van der Waals surface area contributed by atoms with Gasteiger partial charge in [0.1, 0.15) is 0 Å². The SMILES string of the molecule is CCNC(=NCC1(c2cccc(C(F)(F)F)c2)CCC1)NCCCNS(C)(=O)=O.I. The summed E-state index contributed by atoms with van der Waals surface area (Å²) < 4.78 is 63.8. The first kappa shape index (κ1) is 27.0. The van der Waals surface area contributed by atoms with Gasteiger partial charge in [-0.15, -0.1) is 24.0 Å². The number of hydrogen-bond donors (Lipinski definition) is 3. The summed E-state index contributed by atoms with van der Waals surface area (Å²) in [6.07, 6.45) is -0.105. The zero-order chi connectivity index (χ0) is 21.5. The van der Waals surface area contributed by atoms with Crippen molar-refractivity contribution in [3.63, 3.8) is 0 Å². The van der Waals surface area contributed by atoms with Crippen LogP contribution in [0.5, 0.6) is 0 Å². The van der Waals surface area contributed by atoms with Gasteiger partial charge in [0.15, 0.2) is 5.96 Å². The molecule has 30 heavy (non-hydrogen) atoms. The summed E-state index contributed by atoms with van der Waals surface area (Å²) in [5, 5.41) is 6.26. The molecule has 0 aromatic heterocycles. The summed E-state index contributed by atoms with van der Waals surface area (Å²) in [5.74, 6) is 0.574. The van der Waals surface area contributed by atoms with Crippen LogP contribution in [0.4, 0.5) is 13.2 Å². The van der Waals surface area contributed by atoms with Crippen LogP contribution < -0.4 is 15.4 Å². The third-order valence-corrected chi connectivity index (χ3v) is 5.74. The minimum absolute atomic E-state index is 0. The smallest absolute Gasteiger partial charge is 0.357 e. The summed E-state index contributed by atoms with van der Waals surface area (Å²) in [4.78, 5) is 4.60. The van der Waals surface area contributed by atoms with Crippen molar-refractivity contribution < 1.29 is 21.6 Å². The van der Waals surface area contributed by atoms with Gasteiger partial charge in [-0.1, -0.05) is 24.6 Å². The minimum Gasteiger partial charge on any atom is -0.357 e. The average molecular weight is 562 g/mol. The van der Waals surface area contributed by atoms with Crippen LogP contribution in [0.1, 0.15) is 43.7 Å². The molecule has 0 unspecified atom stereocenters. The van der Waals surface area contributed by atoms with Crippen molar-refractivity contribution in [2.24, 2.45) is 4.99 Å². The highest BCUT2D eigenvalue weighted by atomic mass is 127. The molecule has 0 atom stereocenters. The van der Waals surface area contributed by atoms with Crippen LogP contribution in [0.15, 0.2) is 29.3 Å². The third kappa shape index (κ3) is 8.22. The number of alkyl halides is 3. The van der Waals surface area contributed by atoms with Gasteiger partial charge in [-0.25, -0.2) is 13.1 Å². The fourth-order valence-electron chi connectivity index (χ4n) is 3.29. The van der Waals surface area contributed by atoms with Gasteiger partial charge in [0.2, 0.25) is 10.0 Å². The minimum atomic E-state index is -4.36. The molecule has 0 bridgehead atoms. The number of benzene rings is 1. The molecule has 0 aliphatic heterocycles. The fourth-order valence-corrected chi connectivity index (χ4v) is 3.81. The predicted octanol–water partition coefficient (Wildman–Crippen LogP) is 3.24. The Hall–Kier alpha value is -1.08. The molecule has 2 rings (SSSR count). The fraction of sp³-hybridized carbons (Fsp3) is 0.632. The lowest BCUT2D eigenvalue weighted by molar-refractivity contribution is -0.137. The van der Waals surface area contributed by atoms with Gasteiger partial charge in [-0.05, 0) is 37.8 Å². The topological polar surface area (TPSA) is 82.6 Å². The molecule has 6 nitrogen and oxygen atoms in total. The first-order valence-corrected chi connectivity index (χ1v) is 11.6. The second-order valence-electron chi connectivity index (χ2n) is 7.35. The lowest BCUT2D eigenvalue weighted by atomic mass is 9.64. The maximum absolute atomic E-state index is 13.1. The van der Waals surface area contributed by atoms with Crippen LogP contribution in [-0.4, -0.2) is 46.8 Å². The van der Waals surface area contributed by atoms with Crippen LogP contribution in [0.25, 0.3) is 0 Å². The van der Waals surface area contributed by atoms with Crippen molar-refractivity contribution in [2.75, 3.05) is 32.4 Å². The van der Waals surface area contributed by atoms with Crippen molar-refractivity contribution in [3.8, 4) is 0 Å². The van der Waals surface area contributed by atoms with Gasteiger partial charge < -0.3 is 10.6 Å². The largest absolute Gasteiger partial charge is 0.416 e. The molecule has 3 N–H and O–H groups in total. The van der Waals surface area contributed by atoms with Crippen LogP contribution in [-0.2, 0) is 21.6 Å². The van der Waals surface area contributed by atoms with Crippen LogP contribution in [0.3, 0.4) is 0 Å². The Balaban J connectivity index is 0.00000450. The molecule has 0 radical (unpaired) electrons. The van der Waals surface area contributed by atoms with Crippen molar-refractivity contribution in [3.05, 3.63) is 35.4 Å². The standard InChI is InChI=1S/C19H29F3N4O2S.HI/c1-3-23-17(24-11-6-12-26-29(2,27)28)25-14-18(9-5-10-18)15-7-4-8-16(13-15)19(20,21)22;/h4,7-8,13,26H,3,5-6,9-12,14H2,1-2H3,(H2,23,24,25);1H. The van der Waals surface area contributed by atoms with Gasteiger partial charge in [0.05, 0.1) is 18.4 Å². The van der Waals surface area contributed by atoms with Gasteiger partial charge in [0, 0.05) is 25.0 Å². The molecule has 0 amide bonds. The van der Waals surface area contributed by atoms with Gasteiger partial charge in [-0.2, -0.15) is 13.2 Å². The third-order valence-electron chi connectivity index (χ3n) is 5.01. The van der Waals surface area contributed by atoms with Crippen molar-refractivity contribution in [1.82, 2.24) is 15.4 Å². The number of hydrogen-bond acceptors (Lipinski definition) is 3. The number of nitrogens with zero attached hydrogens (tertiary/aromatic N) is 1. The van der Waals surface area contributed by atoms with Gasteiger partial charge in [-0.3, -0.25) is 4.99 Å². The van der Waals surface area contributed by atoms with E-state index in [2.05, 4.69) is 20.3 Å². The second-order valence-corrected chi connectivity index (χ2v) is 9.19. The summed E-state index contributed by atoms with van der Waals surface area (Å²) in [5.41, 5.74) is -0.328. The highest BCUT2D eigenvalue weighted by Crippen LogP contribution is 2.45. The van der Waals surface area contributed by atoms with E-state index >= 15 is 0 Å². The maximum Gasteiger partial charge on any atom is 0.416 e.